The molecule has 0 saturated heterocycles. The molecule has 5 nitrogen and oxygen atoms in total. The molecular formula is C15H24N2O3. The van der Waals surface area contributed by atoms with Crippen LogP contribution in [0.3, 0.4) is 0 Å². The fraction of sp³-hybridized carbons (Fsp3) is 0.533. The molecule has 0 fully saturated rings. The molecule has 1 rings (SSSR count). The average molecular weight is 280 g/mol. The van der Waals surface area contributed by atoms with Crippen molar-refractivity contribution in [3.8, 4) is 5.75 Å². The first kappa shape index (κ1) is 16.3. The zero-order valence-electron chi connectivity index (χ0n) is 12.6. The standard InChI is InChI=1S/C15H24N2O3/c1-15(2,3)20-14(18)17-12(10-16)9-11-7-5-6-8-13(11)19-4/h5-8,12H,9-10,16H2,1-4H3,(H,17,18)/t12-/m1/s1. The number of nitrogens with two attached hydrogens (primary N) is 1. The summed E-state index contributed by atoms with van der Waals surface area (Å²) >= 11 is 0. The highest BCUT2D eigenvalue weighted by molar-refractivity contribution is 5.68. The van der Waals surface area contributed by atoms with Gasteiger partial charge in [-0.3, -0.25) is 0 Å². The molecule has 0 heterocycles. The molecule has 1 aromatic rings. The van der Waals surface area contributed by atoms with Gasteiger partial charge >= 0.3 is 6.09 Å². The molecule has 0 saturated carbocycles. The van der Waals surface area contributed by atoms with Crippen LogP contribution < -0.4 is 15.8 Å². The van der Waals surface area contributed by atoms with Crippen LogP contribution in [0.1, 0.15) is 26.3 Å². The minimum absolute atomic E-state index is 0.193. The largest absolute Gasteiger partial charge is 0.496 e. The number of rotatable bonds is 5. The fourth-order valence-electron chi connectivity index (χ4n) is 1.80. The zero-order valence-corrected chi connectivity index (χ0v) is 12.6. The molecule has 0 aromatic heterocycles. The number of alkyl carbamates (subject to hydrolysis) is 1. The van der Waals surface area contributed by atoms with Crippen molar-refractivity contribution in [3.63, 3.8) is 0 Å². The van der Waals surface area contributed by atoms with Gasteiger partial charge in [-0.15, -0.1) is 0 Å². The number of hydrogen-bond acceptors (Lipinski definition) is 4. The van der Waals surface area contributed by atoms with E-state index in [1.165, 1.54) is 0 Å². The second kappa shape index (κ2) is 7.14. The normalized spacial score (nSPS) is 12.7. The van der Waals surface area contributed by atoms with E-state index < -0.39 is 11.7 Å². The highest BCUT2D eigenvalue weighted by Gasteiger charge is 2.19. The topological polar surface area (TPSA) is 73.6 Å². The number of carbonyl (C=O) groups excluding carboxylic acids is 1. The Kier molecular flexibility index (Phi) is 5.82. The Hall–Kier alpha value is -1.75. The maximum absolute atomic E-state index is 11.8. The minimum atomic E-state index is -0.520. The molecule has 0 spiro atoms. The summed E-state index contributed by atoms with van der Waals surface area (Å²) < 4.78 is 10.5. The molecule has 5 heteroatoms. The van der Waals surface area contributed by atoms with Crippen molar-refractivity contribution in [2.24, 2.45) is 5.73 Å². The second-order valence-electron chi connectivity index (χ2n) is 5.59. The first-order valence-corrected chi connectivity index (χ1v) is 6.67. The third-order valence-corrected chi connectivity index (χ3v) is 2.66. The van der Waals surface area contributed by atoms with E-state index in [0.29, 0.717) is 13.0 Å². The van der Waals surface area contributed by atoms with Crippen molar-refractivity contribution in [1.82, 2.24) is 5.32 Å². The molecule has 3 N–H and O–H groups in total. The second-order valence-corrected chi connectivity index (χ2v) is 5.59. The Morgan fingerprint density at radius 3 is 2.55 bits per heavy atom. The number of amides is 1. The van der Waals surface area contributed by atoms with Crippen LogP contribution in [0.5, 0.6) is 5.75 Å². The maximum atomic E-state index is 11.8. The van der Waals surface area contributed by atoms with Gasteiger partial charge in [-0.1, -0.05) is 18.2 Å². The molecule has 20 heavy (non-hydrogen) atoms. The predicted octanol–water partition coefficient (Wildman–Crippen LogP) is 2.09. The Morgan fingerprint density at radius 1 is 1.35 bits per heavy atom. The van der Waals surface area contributed by atoms with E-state index in [-0.39, 0.29) is 6.04 Å². The summed E-state index contributed by atoms with van der Waals surface area (Å²) in [4.78, 5) is 11.8. The van der Waals surface area contributed by atoms with Crippen LogP contribution in [0.4, 0.5) is 4.79 Å². The molecular weight excluding hydrogens is 256 g/mol. The smallest absolute Gasteiger partial charge is 0.407 e. The molecule has 1 atom stereocenters. The number of para-hydroxylation sites is 1. The van der Waals surface area contributed by atoms with Gasteiger partial charge in [-0.05, 0) is 38.8 Å². The molecule has 0 bridgehead atoms. The van der Waals surface area contributed by atoms with Crippen molar-refractivity contribution in [2.75, 3.05) is 13.7 Å². The van der Waals surface area contributed by atoms with Crippen molar-refractivity contribution in [2.45, 2.75) is 38.8 Å². The van der Waals surface area contributed by atoms with Gasteiger partial charge in [0, 0.05) is 12.6 Å². The molecule has 0 aliphatic carbocycles. The van der Waals surface area contributed by atoms with E-state index >= 15 is 0 Å². The SMILES string of the molecule is COc1ccccc1C[C@H](CN)NC(=O)OC(C)(C)C. The number of ether oxygens (including phenoxy) is 2. The third-order valence-electron chi connectivity index (χ3n) is 2.66. The number of methoxy groups -OCH3 is 1. The Morgan fingerprint density at radius 2 is 2.00 bits per heavy atom. The molecule has 112 valence electrons. The number of nitrogens with one attached hydrogen (secondary N) is 1. The van der Waals surface area contributed by atoms with Gasteiger partial charge in [-0.2, -0.15) is 0 Å². The monoisotopic (exact) mass is 280 g/mol. The van der Waals surface area contributed by atoms with Gasteiger partial charge < -0.3 is 20.5 Å². The van der Waals surface area contributed by atoms with E-state index in [2.05, 4.69) is 5.32 Å². The number of hydrogen-bond donors (Lipinski definition) is 2. The fourth-order valence-corrected chi connectivity index (χ4v) is 1.80. The van der Waals surface area contributed by atoms with Gasteiger partial charge in [0.15, 0.2) is 0 Å². The van der Waals surface area contributed by atoms with Crippen LogP contribution in [0.15, 0.2) is 24.3 Å². The average Bonchev–Trinajstić information content (AvgIpc) is 2.36. The van der Waals surface area contributed by atoms with Gasteiger partial charge in [0.2, 0.25) is 0 Å². The molecule has 0 aliphatic rings. The van der Waals surface area contributed by atoms with Crippen molar-refractivity contribution in [3.05, 3.63) is 29.8 Å². The van der Waals surface area contributed by atoms with Crippen LogP contribution in [0.25, 0.3) is 0 Å². The summed E-state index contributed by atoms with van der Waals surface area (Å²) in [6.45, 7) is 5.80. The summed E-state index contributed by atoms with van der Waals surface area (Å²) in [5, 5.41) is 2.78. The van der Waals surface area contributed by atoms with Gasteiger partial charge in [0.25, 0.3) is 0 Å². The first-order chi connectivity index (χ1) is 9.35. The summed E-state index contributed by atoms with van der Waals surface area (Å²) in [6, 6.07) is 7.48. The number of benzene rings is 1. The Balaban J connectivity index is 2.65. The lowest BCUT2D eigenvalue weighted by molar-refractivity contribution is 0.0505. The molecule has 0 radical (unpaired) electrons. The maximum Gasteiger partial charge on any atom is 0.407 e. The molecule has 1 amide bonds. The van der Waals surface area contributed by atoms with Crippen LogP contribution in [0, 0.1) is 0 Å². The van der Waals surface area contributed by atoms with Crippen molar-refractivity contribution >= 4 is 6.09 Å². The zero-order chi connectivity index (χ0) is 15.2. The molecule has 0 unspecified atom stereocenters. The summed E-state index contributed by atoms with van der Waals surface area (Å²) in [7, 11) is 1.62. The first-order valence-electron chi connectivity index (χ1n) is 6.67. The minimum Gasteiger partial charge on any atom is -0.496 e. The third kappa shape index (κ3) is 5.48. The lowest BCUT2D eigenvalue weighted by Gasteiger charge is -2.23. The Bertz CT molecular complexity index is 441. The van der Waals surface area contributed by atoms with Crippen LogP contribution in [-0.4, -0.2) is 31.4 Å². The van der Waals surface area contributed by atoms with Gasteiger partial charge in [0.1, 0.15) is 11.4 Å². The predicted molar refractivity (Wildman–Crippen MR) is 78.9 cm³/mol. The van der Waals surface area contributed by atoms with Crippen LogP contribution >= 0.6 is 0 Å². The Labute approximate surface area is 120 Å². The van der Waals surface area contributed by atoms with E-state index in [9.17, 15) is 4.79 Å². The quantitative estimate of drug-likeness (QED) is 0.866. The highest BCUT2D eigenvalue weighted by atomic mass is 16.6. The molecule has 0 aliphatic heterocycles. The summed E-state index contributed by atoms with van der Waals surface area (Å²) in [6.07, 6.45) is 0.141. The van der Waals surface area contributed by atoms with E-state index in [0.717, 1.165) is 11.3 Å². The van der Waals surface area contributed by atoms with Crippen molar-refractivity contribution < 1.29 is 14.3 Å². The summed E-state index contributed by atoms with van der Waals surface area (Å²) in [5.74, 6) is 0.789. The van der Waals surface area contributed by atoms with E-state index in [4.69, 9.17) is 15.2 Å². The summed E-state index contributed by atoms with van der Waals surface area (Å²) in [5.41, 5.74) is 6.19. The van der Waals surface area contributed by atoms with E-state index in [1.54, 1.807) is 7.11 Å². The van der Waals surface area contributed by atoms with Crippen LogP contribution in [-0.2, 0) is 11.2 Å². The lowest BCUT2D eigenvalue weighted by atomic mass is 10.1. The molecule has 1 aromatic carbocycles. The van der Waals surface area contributed by atoms with Gasteiger partial charge in [-0.25, -0.2) is 4.79 Å². The van der Waals surface area contributed by atoms with Crippen molar-refractivity contribution in [1.29, 1.82) is 0 Å². The van der Waals surface area contributed by atoms with Crippen LogP contribution in [0.2, 0.25) is 0 Å². The highest BCUT2D eigenvalue weighted by Crippen LogP contribution is 2.19. The lowest BCUT2D eigenvalue weighted by Crippen LogP contribution is -2.44. The van der Waals surface area contributed by atoms with E-state index in [1.807, 2.05) is 45.0 Å². The number of carbonyl (C=O) groups is 1. The van der Waals surface area contributed by atoms with Gasteiger partial charge in [0.05, 0.1) is 7.11 Å².